The molecule has 40 heavy (non-hydrogen) atoms. The molecule has 1 aromatic carbocycles. The SMILES string of the molecule is C[C@@H](O)[C@H]1C(=O)N2C(C(=O)O)=C(S[C@H]3C[C@@H](C(=O)Nc4cccc(C(=O)O)c4)N(Cc4ccccn4)C3)[C@H](C)[C@H]12. The van der Waals surface area contributed by atoms with Crippen LogP contribution in [0.3, 0.4) is 0 Å². The van der Waals surface area contributed by atoms with Crippen LogP contribution in [0.5, 0.6) is 0 Å². The number of aliphatic hydroxyl groups is 1. The summed E-state index contributed by atoms with van der Waals surface area (Å²) >= 11 is 1.37. The second kappa shape index (κ2) is 11.0. The van der Waals surface area contributed by atoms with Crippen LogP contribution < -0.4 is 5.32 Å². The smallest absolute Gasteiger partial charge is 0.353 e. The van der Waals surface area contributed by atoms with Gasteiger partial charge in [0.05, 0.1) is 35.4 Å². The summed E-state index contributed by atoms with van der Waals surface area (Å²) in [5.74, 6) is -3.90. The van der Waals surface area contributed by atoms with E-state index in [0.717, 1.165) is 5.69 Å². The Hall–Kier alpha value is -3.74. The molecule has 0 saturated carbocycles. The minimum Gasteiger partial charge on any atom is -0.478 e. The maximum absolute atomic E-state index is 13.5. The number of thioether (sulfide) groups is 1. The van der Waals surface area contributed by atoms with Gasteiger partial charge in [0.15, 0.2) is 0 Å². The van der Waals surface area contributed by atoms with Crippen LogP contribution in [-0.2, 0) is 20.9 Å². The van der Waals surface area contributed by atoms with Crippen LogP contribution in [0, 0.1) is 11.8 Å². The fourth-order valence-corrected chi connectivity index (χ4v) is 7.46. The maximum atomic E-state index is 13.5. The molecule has 5 rings (SSSR count). The lowest BCUT2D eigenvalue weighted by molar-refractivity contribution is -0.163. The first-order valence-electron chi connectivity index (χ1n) is 13.0. The van der Waals surface area contributed by atoms with E-state index in [2.05, 4.69) is 10.3 Å². The van der Waals surface area contributed by atoms with Gasteiger partial charge in [0.25, 0.3) is 0 Å². The van der Waals surface area contributed by atoms with E-state index in [4.69, 9.17) is 0 Å². The Kier molecular flexibility index (Phi) is 7.67. The number of hydrogen-bond acceptors (Lipinski definition) is 8. The number of pyridine rings is 1. The number of fused-ring (bicyclic) bond motifs is 1. The van der Waals surface area contributed by atoms with Gasteiger partial charge < -0.3 is 25.5 Å². The molecule has 0 spiro atoms. The second-order valence-corrected chi connectivity index (χ2v) is 11.7. The Morgan fingerprint density at radius 3 is 2.58 bits per heavy atom. The van der Waals surface area contributed by atoms with Crippen molar-refractivity contribution >= 4 is 41.2 Å². The first-order chi connectivity index (χ1) is 19.1. The van der Waals surface area contributed by atoms with Crippen LogP contribution >= 0.6 is 11.8 Å². The molecule has 210 valence electrons. The average molecular weight is 567 g/mol. The maximum Gasteiger partial charge on any atom is 0.353 e. The Morgan fingerprint density at radius 2 is 1.93 bits per heavy atom. The summed E-state index contributed by atoms with van der Waals surface area (Å²) in [6.07, 6.45) is 1.20. The summed E-state index contributed by atoms with van der Waals surface area (Å²) in [7, 11) is 0. The van der Waals surface area contributed by atoms with Gasteiger partial charge >= 0.3 is 11.9 Å². The van der Waals surface area contributed by atoms with Gasteiger partial charge in [-0.05, 0) is 43.7 Å². The van der Waals surface area contributed by atoms with Crippen LogP contribution in [0.25, 0.3) is 0 Å². The van der Waals surface area contributed by atoms with Crippen molar-refractivity contribution in [1.29, 1.82) is 0 Å². The zero-order valence-electron chi connectivity index (χ0n) is 21.9. The number of carboxylic acid groups (broad SMARTS) is 2. The number of β-lactam (4-membered cyclic amide) rings is 1. The molecule has 0 radical (unpaired) electrons. The van der Waals surface area contributed by atoms with E-state index >= 15 is 0 Å². The molecule has 1 aromatic heterocycles. The number of nitrogens with one attached hydrogen (secondary N) is 1. The van der Waals surface area contributed by atoms with E-state index in [1.165, 1.54) is 28.8 Å². The van der Waals surface area contributed by atoms with E-state index < -0.39 is 36.0 Å². The fourth-order valence-electron chi connectivity index (χ4n) is 5.91. The molecule has 0 aliphatic carbocycles. The Bertz CT molecular complexity index is 1380. The van der Waals surface area contributed by atoms with Gasteiger partial charge in [-0.25, -0.2) is 9.59 Å². The predicted octanol–water partition coefficient (Wildman–Crippen LogP) is 2.25. The van der Waals surface area contributed by atoms with Gasteiger partial charge in [0.1, 0.15) is 5.70 Å². The lowest BCUT2D eigenvalue weighted by Gasteiger charge is -2.46. The summed E-state index contributed by atoms with van der Waals surface area (Å²) in [5.41, 5.74) is 1.15. The largest absolute Gasteiger partial charge is 0.478 e. The van der Waals surface area contributed by atoms with E-state index in [0.29, 0.717) is 30.1 Å². The molecule has 3 aliphatic heterocycles. The van der Waals surface area contributed by atoms with Gasteiger partial charge in [-0.3, -0.25) is 19.5 Å². The van der Waals surface area contributed by atoms with E-state index in [1.54, 1.807) is 31.3 Å². The first-order valence-corrected chi connectivity index (χ1v) is 13.9. The molecule has 0 unspecified atom stereocenters. The lowest BCUT2D eigenvalue weighted by atomic mass is 9.79. The third-order valence-electron chi connectivity index (χ3n) is 7.74. The summed E-state index contributed by atoms with van der Waals surface area (Å²) < 4.78 is 0. The number of aliphatic hydroxyl groups excluding tert-OH is 1. The number of aliphatic carboxylic acids is 1. The zero-order chi connectivity index (χ0) is 28.7. The molecule has 2 amide bonds. The molecule has 2 fully saturated rings. The number of carbonyl (C=O) groups is 4. The number of likely N-dealkylation sites (tertiary alicyclic amines) is 1. The molecule has 12 heteroatoms. The van der Waals surface area contributed by atoms with Crippen molar-refractivity contribution in [3.63, 3.8) is 0 Å². The van der Waals surface area contributed by atoms with E-state index in [9.17, 15) is 34.5 Å². The van der Waals surface area contributed by atoms with E-state index in [1.807, 2.05) is 24.0 Å². The number of nitrogens with zero attached hydrogens (tertiary/aromatic N) is 3. The normalized spacial score (nSPS) is 26.8. The molecule has 3 aliphatic rings. The molecule has 4 heterocycles. The third kappa shape index (κ3) is 5.09. The van der Waals surface area contributed by atoms with Gasteiger partial charge in [-0.15, -0.1) is 11.8 Å². The topological polar surface area (TPSA) is 160 Å². The van der Waals surface area contributed by atoms with Crippen molar-refractivity contribution in [2.45, 2.75) is 50.3 Å². The van der Waals surface area contributed by atoms with Crippen LogP contribution in [0.15, 0.2) is 59.3 Å². The van der Waals surface area contributed by atoms with Crippen molar-refractivity contribution in [2.24, 2.45) is 11.8 Å². The van der Waals surface area contributed by atoms with Gasteiger partial charge in [-0.1, -0.05) is 19.1 Å². The number of amides is 2. The number of hydrogen-bond donors (Lipinski definition) is 4. The van der Waals surface area contributed by atoms with Gasteiger partial charge in [0, 0.05) is 41.0 Å². The number of carboxylic acids is 2. The average Bonchev–Trinajstić information content (AvgIpc) is 3.41. The Morgan fingerprint density at radius 1 is 1.15 bits per heavy atom. The summed E-state index contributed by atoms with van der Waals surface area (Å²) in [6.45, 7) is 4.27. The molecule has 4 N–H and O–H groups in total. The molecule has 0 bridgehead atoms. The van der Waals surface area contributed by atoms with Crippen LogP contribution in [0.4, 0.5) is 5.69 Å². The minimum absolute atomic E-state index is 0.0425. The number of aromatic nitrogens is 1. The quantitative estimate of drug-likeness (QED) is 0.332. The minimum atomic E-state index is -1.19. The standard InChI is InChI=1S/C28H30N4O7S/c1-14-22-21(15(2)33)26(35)32(22)23(28(38)39)24(14)40-19-11-20(31(13-19)12-18-7-3-4-9-29-18)25(34)30-17-8-5-6-16(10-17)27(36)37/h3-10,14-15,19-22,33H,11-13H2,1-2H3,(H,30,34)(H,36,37)(H,38,39)/t14-,15-,19+,20+,21-,22-/m1/s1. The van der Waals surface area contributed by atoms with Crippen LogP contribution in [0.2, 0.25) is 0 Å². The summed E-state index contributed by atoms with van der Waals surface area (Å²) in [6, 6.07) is 10.6. The zero-order valence-corrected chi connectivity index (χ0v) is 22.7. The Labute approximate surface area is 234 Å². The van der Waals surface area contributed by atoms with Crippen molar-refractivity contribution in [3.8, 4) is 0 Å². The second-order valence-electron chi connectivity index (χ2n) is 10.4. The highest BCUT2D eigenvalue weighted by molar-refractivity contribution is 8.03. The van der Waals surface area contributed by atoms with E-state index in [-0.39, 0.29) is 34.2 Å². The Balaban J connectivity index is 1.38. The molecule has 11 nitrogen and oxygen atoms in total. The number of benzene rings is 1. The monoisotopic (exact) mass is 566 g/mol. The van der Waals surface area contributed by atoms with Gasteiger partial charge in [0.2, 0.25) is 11.8 Å². The highest BCUT2D eigenvalue weighted by Crippen LogP contribution is 2.52. The lowest BCUT2D eigenvalue weighted by Crippen LogP contribution is -2.63. The first kappa shape index (κ1) is 27.8. The molecular formula is C28H30N4O7S. The number of anilines is 1. The highest BCUT2D eigenvalue weighted by Gasteiger charge is 2.60. The van der Waals surface area contributed by atoms with Crippen molar-refractivity contribution < 1.29 is 34.5 Å². The highest BCUT2D eigenvalue weighted by atomic mass is 32.2. The van der Waals surface area contributed by atoms with Crippen LogP contribution in [-0.4, -0.2) is 83.8 Å². The van der Waals surface area contributed by atoms with Gasteiger partial charge in [-0.2, -0.15) is 0 Å². The summed E-state index contributed by atoms with van der Waals surface area (Å²) in [4.78, 5) is 58.1. The molecule has 2 saturated heterocycles. The molecule has 2 aromatic rings. The van der Waals surface area contributed by atoms with Crippen molar-refractivity contribution in [3.05, 3.63) is 70.5 Å². The summed E-state index contributed by atoms with van der Waals surface area (Å²) in [5, 5.41) is 32.1. The van der Waals surface area contributed by atoms with Crippen molar-refractivity contribution in [1.82, 2.24) is 14.8 Å². The van der Waals surface area contributed by atoms with Crippen LogP contribution in [0.1, 0.15) is 36.3 Å². The fraction of sp³-hybridized carbons (Fsp3) is 0.393. The number of carbonyl (C=O) groups excluding carboxylic acids is 2. The number of aromatic carboxylic acids is 1. The predicted molar refractivity (Wildman–Crippen MR) is 146 cm³/mol. The third-order valence-corrected chi connectivity index (χ3v) is 9.23. The molecular weight excluding hydrogens is 536 g/mol. The number of rotatable bonds is 9. The molecule has 6 atom stereocenters. The van der Waals surface area contributed by atoms with Crippen molar-refractivity contribution in [2.75, 3.05) is 11.9 Å².